The number of benzene rings is 1. The summed E-state index contributed by atoms with van der Waals surface area (Å²) in [5, 5.41) is 0. The molecule has 0 unspecified atom stereocenters. The molecule has 1 aromatic carbocycles. The van der Waals surface area contributed by atoms with E-state index in [1.807, 2.05) is 11.9 Å². The molecule has 1 aromatic rings. The summed E-state index contributed by atoms with van der Waals surface area (Å²) in [6.07, 6.45) is -2.06. The Hall–Kier alpha value is -1.92. The van der Waals surface area contributed by atoms with E-state index in [2.05, 4.69) is 4.99 Å². The number of rotatable bonds is 5. The molecule has 0 heterocycles. The fourth-order valence-corrected chi connectivity index (χ4v) is 1.82. The van der Waals surface area contributed by atoms with Crippen LogP contribution in [-0.4, -0.2) is 37.1 Å². The van der Waals surface area contributed by atoms with Crippen LogP contribution in [0.1, 0.15) is 18.4 Å². The maximum atomic E-state index is 12.4. The van der Waals surface area contributed by atoms with Crippen molar-refractivity contribution in [2.45, 2.75) is 25.1 Å². The van der Waals surface area contributed by atoms with Gasteiger partial charge in [0, 0.05) is 13.1 Å². The minimum absolute atomic E-state index is 0.268. The third-order valence-electron chi connectivity index (χ3n) is 3.27. The van der Waals surface area contributed by atoms with Crippen molar-refractivity contribution in [1.82, 2.24) is 4.90 Å². The second-order valence-electron chi connectivity index (χ2n) is 4.95. The highest BCUT2D eigenvalue weighted by atomic mass is 19.4. The van der Waals surface area contributed by atoms with Gasteiger partial charge in [-0.1, -0.05) is 0 Å². The van der Waals surface area contributed by atoms with Crippen molar-refractivity contribution in [3.8, 4) is 5.75 Å². The first kappa shape index (κ1) is 15.5. The molecule has 0 amide bonds. The summed E-state index contributed by atoms with van der Waals surface area (Å²) in [5.41, 5.74) is 5.11. The first-order valence-corrected chi connectivity index (χ1v) is 6.71. The number of alkyl halides is 3. The van der Waals surface area contributed by atoms with Crippen molar-refractivity contribution in [3.63, 3.8) is 0 Å². The molecule has 21 heavy (non-hydrogen) atoms. The predicted molar refractivity (Wildman–Crippen MR) is 74.2 cm³/mol. The highest BCUT2D eigenvalue weighted by Gasteiger charge is 2.30. The first-order valence-electron chi connectivity index (χ1n) is 6.71. The molecule has 0 radical (unpaired) electrons. The molecule has 116 valence electrons. The maximum Gasteiger partial charge on any atom is 0.416 e. The smallest absolute Gasteiger partial charge is 0.416 e. The number of hydrogen-bond donors (Lipinski definition) is 1. The molecule has 0 saturated heterocycles. The Balaban J connectivity index is 1.77. The minimum atomic E-state index is -4.33. The molecule has 0 aliphatic heterocycles. The van der Waals surface area contributed by atoms with E-state index in [1.165, 1.54) is 12.1 Å². The Morgan fingerprint density at radius 2 is 1.95 bits per heavy atom. The summed E-state index contributed by atoms with van der Waals surface area (Å²) >= 11 is 0. The average Bonchev–Trinajstić information content (AvgIpc) is 3.26. The van der Waals surface area contributed by atoms with Crippen molar-refractivity contribution < 1.29 is 17.9 Å². The van der Waals surface area contributed by atoms with Crippen LogP contribution in [0.25, 0.3) is 0 Å². The maximum absolute atomic E-state index is 12.4. The summed E-state index contributed by atoms with van der Waals surface area (Å²) in [6, 6.07) is 5.07. The molecule has 4 nitrogen and oxygen atoms in total. The zero-order chi connectivity index (χ0) is 15.5. The van der Waals surface area contributed by atoms with Gasteiger partial charge in [0.1, 0.15) is 12.4 Å². The van der Waals surface area contributed by atoms with Crippen LogP contribution in [0.3, 0.4) is 0 Å². The van der Waals surface area contributed by atoms with Gasteiger partial charge in [-0.05, 0) is 37.1 Å². The third-order valence-corrected chi connectivity index (χ3v) is 3.27. The van der Waals surface area contributed by atoms with Gasteiger partial charge in [-0.2, -0.15) is 13.2 Å². The number of halogens is 3. The summed E-state index contributed by atoms with van der Waals surface area (Å²) in [4.78, 5) is 6.10. The molecular weight excluding hydrogens is 283 g/mol. The summed E-state index contributed by atoms with van der Waals surface area (Å²) < 4.78 is 42.5. The van der Waals surface area contributed by atoms with Gasteiger partial charge in [-0.25, -0.2) is 4.99 Å². The van der Waals surface area contributed by atoms with Crippen LogP contribution in [0.2, 0.25) is 0 Å². The van der Waals surface area contributed by atoms with Crippen molar-refractivity contribution in [2.75, 3.05) is 20.2 Å². The van der Waals surface area contributed by atoms with Crippen molar-refractivity contribution in [1.29, 1.82) is 0 Å². The highest BCUT2D eigenvalue weighted by molar-refractivity contribution is 5.78. The van der Waals surface area contributed by atoms with Crippen molar-refractivity contribution >= 4 is 5.96 Å². The summed E-state index contributed by atoms with van der Waals surface area (Å²) in [6.45, 7) is 0.633. The molecular formula is C14H18F3N3O. The van der Waals surface area contributed by atoms with Gasteiger partial charge >= 0.3 is 6.18 Å². The number of aliphatic imine (C=N–C) groups is 1. The van der Waals surface area contributed by atoms with E-state index in [0.29, 0.717) is 24.3 Å². The van der Waals surface area contributed by atoms with Gasteiger partial charge in [-0.3, -0.25) is 0 Å². The van der Waals surface area contributed by atoms with Crippen LogP contribution in [-0.2, 0) is 6.18 Å². The molecule has 1 fully saturated rings. The molecule has 1 aliphatic carbocycles. The van der Waals surface area contributed by atoms with E-state index in [1.54, 1.807) is 0 Å². The summed E-state index contributed by atoms with van der Waals surface area (Å²) in [5.74, 6) is 0.848. The van der Waals surface area contributed by atoms with Gasteiger partial charge in [-0.15, -0.1) is 0 Å². The normalized spacial score (nSPS) is 15.9. The van der Waals surface area contributed by atoms with E-state index in [9.17, 15) is 13.2 Å². The Labute approximate surface area is 121 Å². The molecule has 2 N–H and O–H groups in total. The highest BCUT2D eigenvalue weighted by Crippen LogP contribution is 2.30. The van der Waals surface area contributed by atoms with Crippen molar-refractivity contribution in [2.24, 2.45) is 10.7 Å². The Morgan fingerprint density at radius 3 is 2.48 bits per heavy atom. The van der Waals surface area contributed by atoms with Crippen LogP contribution >= 0.6 is 0 Å². The number of nitrogens with zero attached hydrogens (tertiary/aromatic N) is 2. The van der Waals surface area contributed by atoms with E-state index >= 15 is 0 Å². The molecule has 1 saturated carbocycles. The topological polar surface area (TPSA) is 50.8 Å². The van der Waals surface area contributed by atoms with Gasteiger partial charge < -0.3 is 15.4 Å². The lowest BCUT2D eigenvalue weighted by Gasteiger charge is -2.16. The number of nitrogens with two attached hydrogens (primary N) is 1. The molecule has 0 aromatic heterocycles. The standard InChI is InChI=1S/C14H18F3N3O/c1-20(11-4-5-11)13(18)19-8-9-21-12-6-2-10(3-7-12)14(15,16)17/h2-3,6-7,11H,4-5,8-9H2,1H3,(H2,18,19). The number of ether oxygens (including phenoxy) is 1. The molecule has 1 aliphatic rings. The fourth-order valence-electron chi connectivity index (χ4n) is 1.82. The molecule has 0 atom stereocenters. The summed E-state index contributed by atoms with van der Waals surface area (Å²) in [7, 11) is 1.90. The van der Waals surface area contributed by atoms with Crippen LogP contribution in [0.4, 0.5) is 13.2 Å². The quantitative estimate of drug-likeness (QED) is 0.516. The average molecular weight is 301 g/mol. The second kappa shape index (κ2) is 6.24. The third kappa shape index (κ3) is 4.54. The first-order chi connectivity index (χ1) is 9.88. The minimum Gasteiger partial charge on any atom is -0.492 e. The lowest BCUT2D eigenvalue weighted by molar-refractivity contribution is -0.137. The lowest BCUT2D eigenvalue weighted by atomic mass is 10.2. The molecule has 0 spiro atoms. The van der Waals surface area contributed by atoms with Crippen LogP contribution < -0.4 is 10.5 Å². The molecule has 2 rings (SSSR count). The van der Waals surface area contributed by atoms with Crippen molar-refractivity contribution in [3.05, 3.63) is 29.8 Å². The van der Waals surface area contributed by atoms with Gasteiger partial charge in [0.25, 0.3) is 0 Å². The van der Waals surface area contributed by atoms with Gasteiger partial charge in [0.15, 0.2) is 5.96 Å². The largest absolute Gasteiger partial charge is 0.492 e. The lowest BCUT2D eigenvalue weighted by Crippen LogP contribution is -2.36. The predicted octanol–water partition coefficient (Wildman–Crippen LogP) is 2.49. The monoisotopic (exact) mass is 301 g/mol. The fraction of sp³-hybridized carbons (Fsp3) is 0.500. The van der Waals surface area contributed by atoms with Crippen LogP contribution in [0, 0.1) is 0 Å². The van der Waals surface area contributed by atoms with E-state index < -0.39 is 11.7 Å². The van der Waals surface area contributed by atoms with E-state index in [4.69, 9.17) is 10.5 Å². The van der Waals surface area contributed by atoms with Gasteiger partial charge in [0.05, 0.1) is 12.1 Å². The number of hydrogen-bond acceptors (Lipinski definition) is 2. The SMILES string of the molecule is CN(C(N)=NCCOc1ccc(C(F)(F)F)cc1)C1CC1. The second-order valence-corrected chi connectivity index (χ2v) is 4.95. The molecule has 0 bridgehead atoms. The Morgan fingerprint density at radius 1 is 1.33 bits per heavy atom. The van der Waals surface area contributed by atoms with E-state index in [0.717, 1.165) is 25.0 Å². The number of guanidine groups is 1. The van der Waals surface area contributed by atoms with E-state index in [-0.39, 0.29) is 6.61 Å². The van der Waals surface area contributed by atoms with Crippen LogP contribution in [0.5, 0.6) is 5.75 Å². The zero-order valence-electron chi connectivity index (χ0n) is 11.7. The Bertz CT molecular complexity index is 495. The Kier molecular flexibility index (Phi) is 4.59. The van der Waals surface area contributed by atoms with Gasteiger partial charge in [0.2, 0.25) is 0 Å². The molecule has 7 heteroatoms. The zero-order valence-corrected chi connectivity index (χ0v) is 11.7. The van der Waals surface area contributed by atoms with Crippen LogP contribution in [0.15, 0.2) is 29.3 Å².